The smallest absolute Gasteiger partial charge is 0.406 e. The van der Waals surface area contributed by atoms with Gasteiger partial charge in [0, 0.05) is 5.69 Å². The van der Waals surface area contributed by atoms with Gasteiger partial charge in [-0.25, -0.2) is 0 Å². The van der Waals surface area contributed by atoms with E-state index in [2.05, 4.69) is 4.74 Å². The lowest BCUT2D eigenvalue weighted by Crippen LogP contribution is -2.17. The molecule has 0 aliphatic carbocycles. The van der Waals surface area contributed by atoms with Crippen molar-refractivity contribution in [2.75, 3.05) is 5.73 Å². The van der Waals surface area contributed by atoms with Crippen LogP contribution in [0, 0.1) is 0 Å². The maximum absolute atomic E-state index is 12.0. The molecule has 5 heteroatoms. The molecule has 0 amide bonds. The molecule has 2 N–H and O–H groups in total. The predicted octanol–water partition coefficient (Wildman–Crippen LogP) is 3.95. The molecule has 0 aliphatic rings. The molecule has 0 radical (unpaired) electrons. The first-order chi connectivity index (χ1) is 9.42. The van der Waals surface area contributed by atoms with Crippen molar-refractivity contribution in [3.05, 3.63) is 59.7 Å². The predicted molar refractivity (Wildman–Crippen MR) is 71.4 cm³/mol. The van der Waals surface area contributed by atoms with E-state index in [0.717, 1.165) is 24.0 Å². The summed E-state index contributed by atoms with van der Waals surface area (Å²) in [7, 11) is 0. The van der Waals surface area contributed by atoms with Crippen LogP contribution in [0.25, 0.3) is 0 Å². The second-order valence-corrected chi connectivity index (χ2v) is 4.44. The Morgan fingerprint density at radius 1 is 0.900 bits per heavy atom. The number of anilines is 1. The molecule has 0 fully saturated rings. The highest BCUT2D eigenvalue weighted by Gasteiger charge is 2.30. The molecule has 0 bridgehead atoms. The highest BCUT2D eigenvalue weighted by Crippen LogP contribution is 2.23. The number of alkyl halides is 3. The summed E-state index contributed by atoms with van der Waals surface area (Å²) in [4.78, 5) is 0. The molecule has 20 heavy (non-hydrogen) atoms. The molecule has 0 aliphatic heterocycles. The van der Waals surface area contributed by atoms with Gasteiger partial charge in [0.05, 0.1) is 0 Å². The number of aryl methyl sites for hydroxylation is 2. The molecule has 2 aromatic carbocycles. The molecule has 0 unspecified atom stereocenters. The van der Waals surface area contributed by atoms with Crippen LogP contribution in [0.2, 0.25) is 0 Å². The number of nitrogen functional groups attached to an aromatic ring is 1. The average Bonchev–Trinajstić information content (AvgIpc) is 2.36. The summed E-state index contributed by atoms with van der Waals surface area (Å²) in [6.45, 7) is 0. The molecule has 0 atom stereocenters. The molecule has 2 rings (SSSR count). The van der Waals surface area contributed by atoms with Crippen molar-refractivity contribution < 1.29 is 17.9 Å². The number of halogens is 3. The summed E-state index contributed by atoms with van der Waals surface area (Å²) in [5.74, 6) is -0.204. The van der Waals surface area contributed by atoms with Gasteiger partial charge < -0.3 is 10.5 Å². The average molecular weight is 281 g/mol. The van der Waals surface area contributed by atoms with Gasteiger partial charge in [0.1, 0.15) is 5.75 Å². The van der Waals surface area contributed by atoms with Gasteiger partial charge >= 0.3 is 6.36 Å². The molecule has 0 aromatic heterocycles. The number of benzene rings is 2. The van der Waals surface area contributed by atoms with Crippen LogP contribution >= 0.6 is 0 Å². The lowest BCUT2D eigenvalue weighted by molar-refractivity contribution is -0.274. The molecular weight excluding hydrogens is 267 g/mol. The molecule has 2 nitrogen and oxygen atoms in total. The van der Waals surface area contributed by atoms with Crippen LogP contribution in [0.4, 0.5) is 18.9 Å². The minimum atomic E-state index is -4.65. The van der Waals surface area contributed by atoms with Gasteiger partial charge in [-0.1, -0.05) is 24.3 Å². The minimum Gasteiger partial charge on any atom is -0.406 e. The fourth-order valence-electron chi connectivity index (χ4n) is 1.90. The van der Waals surface area contributed by atoms with Crippen molar-refractivity contribution in [3.8, 4) is 5.75 Å². The van der Waals surface area contributed by atoms with Crippen LogP contribution in [-0.4, -0.2) is 6.36 Å². The maximum Gasteiger partial charge on any atom is 0.573 e. The van der Waals surface area contributed by atoms with E-state index >= 15 is 0 Å². The largest absolute Gasteiger partial charge is 0.573 e. The van der Waals surface area contributed by atoms with Crippen molar-refractivity contribution in [3.63, 3.8) is 0 Å². The van der Waals surface area contributed by atoms with Gasteiger partial charge in [0.15, 0.2) is 0 Å². The standard InChI is InChI=1S/C15H14F3NO/c16-15(17,18)20-14-8-6-11(7-9-14)4-5-12-2-1-3-13(19)10-12/h1-3,6-10H,4-5,19H2. The molecule has 2 aromatic rings. The summed E-state index contributed by atoms with van der Waals surface area (Å²) < 4.78 is 39.9. The Hall–Kier alpha value is -2.17. The van der Waals surface area contributed by atoms with Crippen molar-refractivity contribution in [1.82, 2.24) is 0 Å². The van der Waals surface area contributed by atoms with Crippen LogP contribution < -0.4 is 10.5 Å². The lowest BCUT2D eigenvalue weighted by Gasteiger charge is -2.09. The van der Waals surface area contributed by atoms with Gasteiger partial charge in [-0.05, 0) is 48.2 Å². The summed E-state index contributed by atoms with van der Waals surface area (Å²) >= 11 is 0. The Morgan fingerprint density at radius 2 is 1.55 bits per heavy atom. The Bertz CT molecular complexity index is 564. The first-order valence-electron chi connectivity index (χ1n) is 6.11. The number of hydrogen-bond donors (Lipinski definition) is 1. The van der Waals surface area contributed by atoms with E-state index in [1.165, 1.54) is 12.1 Å². The normalized spacial score (nSPS) is 11.3. The fraction of sp³-hybridized carbons (Fsp3) is 0.200. The van der Waals surface area contributed by atoms with Crippen molar-refractivity contribution in [2.24, 2.45) is 0 Å². The Morgan fingerprint density at radius 3 is 2.15 bits per heavy atom. The van der Waals surface area contributed by atoms with Crippen LogP contribution in [0.5, 0.6) is 5.75 Å². The van der Waals surface area contributed by atoms with Gasteiger partial charge in [0.2, 0.25) is 0 Å². The highest BCUT2D eigenvalue weighted by molar-refractivity contribution is 5.41. The van der Waals surface area contributed by atoms with E-state index in [4.69, 9.17) is 5.73 Å². The number of ether oxygens (including phenoxy) is 1. The molecular formula is C15H14F3NO. The number of rotatable bonds is 4. The van der Waals surface area contributed by atoms with E-state index < -0.39 is 6.36 Å². The van der Waals surface area contributed by atoms with E-state index in [1.54, 1.807) is 12.1 Å². The van der Waals surface area contributed by atoms with Crippen LogP contribution in [-0.2, 0) is 12.8 Å². The van der Waals surface area contributed by atoms with E-state index in [9.17, 15) is 13.2 Å². The zero-order chi connectivity index (χ0) is 14.6. The second kappa shape index (κ2) is 5.86. The van der Waals surface area contributed by atoms with E-state index in [1.807, 2.05) is 24.3 Å². The third-order valence-corrected chi connectivity index (χ3v) is 2.81. The second-order valence-electron chi connectivity index (χ2n) is 4.44. The SMILES string of the molecule is Nc1cccc(CCc2ccc(OC(F)(F)F)cc2)c1. The van der Waals surface area contributed by atoms with Crippen LogP contribution in [0.3, 0.4) is 0 Å². The quantitative estimate of drug-likeness (QED) is 0.861. The Kier molecular flexibility index (Phi) is 4.17. The summed E-state index contributed by atoms with van der Waals surface area (Å²) in [5, 5.41) is 0. The Labute approximate surface area is 115 Å². The summed E-state index contributed by atoms with van der Waals surface area (Å²) in [5.41, 5.74) is 8.43. The van der Waals surface area contributed by atoms with Gasteiger partial charge in [0.25, 0.3) is 0 Å². The zero-order valence-electron chi connectivity index (χ0n) is 10.7. The lowest BCUT2D eigenvalue weighted by atomic mass is 10.0. The van der Waals surface area contributed by atoms with Crippen LogP contribution in [0.15, 0.2) is 48.5 Å². The minimum absolute atomic E-state index is 0.204. The first kappa shape index (κ1) is 14.2. The first-order valence-corrected chi connectivity index (χ1v) is 6.11. The maximum atomic E-state index is 12.0. The van der Waals surface area contributed by atoms with Crippen molar-refractivity contribution in [2.45, 2.75) is 19.2 Å². The topological polar surface area (TPSA) is 35.2 Å². The highest BCUT2D eigenvalue weighted by atomic mass is 19.4. The van der Waals surface area contributed by atoms with Gasteiger partial charge in [-0.15, -0.1) is 13.2 Å². The molecule has 106 valence electrons. The summed E-state index contributed by atoms with van der Waals surface area (Å²) in [6, 6.07) is 13.5. The van der Waals surface area contributed by atoms with Gasteiger partial charge in [-0.2, -0.15) is 0 Å². The molecule has 0 saturated carbocycles. The van der Waals surface area contributed by atoms with Gasteiger partial charge in [-0.3, -0.25) is 0 Å². The number of nitrogens with two attached hydrogens (primary N) is 1. The fourth-order valence-corrected chi connectivity index (χ4v) is 1.90. The van der Waals surface area contributed by atoms with Crippen LogP contribution in [0.1, 0.15) is 11.1 Å². The van der Waals surface area contributed by atoms with Crippen molar-refractivity contribution in [1.29, 1.82) is 0 Å². The Balaban J connectivity index is 1.94. The molecule has 0 spiro atoms. The van der Waals surface area contributed by atoms with E-state index in [-0.39, 0.29) is 5.75 Å². The monoisotopic (exact) mass is 281 g/mol. The third kappa shape index (κ3) is 4.50. The zero-order valence-corrected chi connectivity index (χ0v) is 10.7. The molecule has 0 heterocycles. The third-order valence-electron chi connectivity index (χ3n) is 2.81. The van der Waals surface area contributed by atoms with E-state index in [0.29, 0.717) is 5.69 Å². The number of hydrogen-bond acceptors (Lipinski definition) is 2. The van der Waals surface area contributed by atoms with Crippen molar-refractivity contribution >= 4 is 5.69 Å². The summed E-state index contributed by atoms with van der Waals surface area (Å²) in [6.07, 6.45) is -3.14. The molecule has 0 saturated heterocycles.